The molecule has 0 bridgehead atoms. The van der Waals surface area contributed by atoms with E-state index >= 15 is 0 Å². The molecule has 2 aromatic carbocycles. The maximum absolute atomic E-state index is 12.4. The summed E-state index contributed by atoms with van der Waals surface area (Å²) < 4.78 is 10.7. The number of amides is 1. The van der Waals surface area contributed by atoms with Crippen molar-refractivity contribution in [3.05, 3.63) is 72.0 Å². The molecular weight excluding hydrogens is 334 g/mol. The van der Waals surface area contributed by atoms with E-state index in [-0.39, 0.29) is 12.2 Å². The standard InChI is InChI=1S/C20H17NO5/c1-25-16-7-5-14(6-8-16)17-9-10-18(26-17)20(24)21-15-4-2-3-13(11-15)12-19(22)23/h2-11H,12H2,1H3,(H,21,24)(H,22,23). The van der Waals surface area contributed by atoms with E-state index in [4.69, 9.17) is 14.3 Å². The summed E-state index contributed by atoms with van der Waals surface area (Å²) in [4.78, 5) is 23.1. The smallest absolute Gasteiger partial charge is 0.307 e. The number of carboxylic acids is 1. The molecule has 26 heavy (non-hydrogen) atoms. The molecule has 0 saturated heterocycles. The van der Waals surface area contributed by atoms with Crippen molar-refractivity contribution in [1.29, 1.82) is 0 Å². The van der Waals surface area contributed by atoms with Crippen LogP contribution in [0, 0.1) is 0 Å². The molecular formula is C20H17NO5. The minimum atomic E-state index is -0.927. The highest BCUT2D eigenvalue weighted by Crippen LogP contribution is 2.25. The first-order valence-corrected chi connectivity index (χ1v) is 7.91. The number of aliphatic carboxylic acids is 1. The fourth-order valence-electron chi connectivity index (χ4n) is 2.50. The maximum atomic E-state index is 12.4. The van der Waals surface area contributed by atoms with Crippen molar-refractivity contribution in [1.82, 2.24) is 0 Å². The van der Waals surface area contributed by atoms with Gasteiger partial charge in [-0.15, -0.1) is 0 Å². The summed E-state index contributed by atoms with van der Waals surface area (Å²) in [7, 11) is 1.59. The van der Waals surface area contributed by atoms with Gasteiger partial charge in [0.2, 0.25) is 0 Å². The summed E-state index contributed by atoms with van der Waals surface area (Å²) in [5.41, 5.74) is 1.94. The number of hydrogen-bond acceptors (Lipinski definition) is 4. The van der Waals surface area contributed by atoms with E-state index in [2.05, 4.69) is 5.32 Å². The fraction of sp³-hybridized carbons (Fsp3) is 0.100. The molecule has 0 spiro atoms. The SMILES string of the molecule is COc1ccc(-c2ccc(C(=O)Nc3cccc(CC(=O)O)c3)o2)cc1. The molecule has 1 heterocycles. The monoisotopic (exact) mass is 351 g/mol. The van der Waals surface area contributed by atoms with E-state index in [9.17, 15) is 9.59 Å². The van der Waals surface area contributed by atoms with Gasteiger partial charge in [-0.05, 0) is 54.1 Å². The molecule has 0 saturated carbocycles. The molecule has 3 rings (SSSR count). The van der Waals surface area contributed by atoms with Crippen LogP contribution in [0.25, 0.3) is 11.3 Å². The predicted molar refractivity (Wildman–Crippen MR) is 96.4 cm³/mol. The number of carbonyl (C=O) groups excluding carboxylic acids is 1. The average Bonchev–Trinajstić information content (AvgIpc) is 3.12. The lowest BCUT2D eigenvalue weighted by molar-refractivity contribution is -0.136. The molecule has 1 aromatic heterocycles. The van der Waals surface area contributed by atoms with Crippen LogP contribution in [0.4, 0.5) is 5.69 Å². The molecule has 6 nitrogen and oxygen atoms in total. The van der Waals surface area contributed by atoms with E-state index in [0.29, 0.717) is 17.0 Å². The lowest BCUT2D eigenvalue weighted by Gasteiger charge is -2.05. The van der Waals surface area contributed by atoms with Gasteiger partial charge in [0.25, 0.3) is 5.91 Å². The zero-order valence-corrected chi connectivity index (χ0v) is 14.1. The molecule has 6 heteroatoms. The Labute approximate surface area is 150 Å². The van der Waals surface area contributed by atoms with Gasteiger partial charge in [-0.25, -0.2) is 0 Å². The van der Waals surface area contributed by atoms with Crippen molar-refractivity contribution in [3.63, 3.8) is 0 Å². The molecule has 0 fully saturated rings. The van der Waals surface area contributed by atoms with Crippen LogP contribution in [0.1, 0.15) is 16.1 Å². The lowest BCUT2D eigenvalue weighted by Crippen LogP contribution is -2.11. The van der Waals surface area contributed by atoms with E-state index in [1.807, 2.05) is 24.3 Å². The number of carbonyl (C=O) groups is 2. The number of furan rings is 1. The number of anilines is 1. The van der Waals surface area contributed by atoms with Gasteiger partial charge in [0.15, 0.2) is 5.76 Å². The first-order chi connectivity index (χ1) is 12.5. The van der Waals surface area contributed by atoms with Gasteiger partial charge in [0.1, 0.15) is 11.5 Å². The molecule has 3 aromatic rings. The first-order valence-electron chi connectivity index (χ1n) is 7.91. The van der Waals surface area contributed by atoms with E-state index in [1.165, 1.54) is 0 Å². The normalized spacial score (nSPS) is 10.3. The minimum absolute atomic E-state index is 0.105. The van der Waals surface area contributed by atoms with E-state index in [0.717, 1.165) is 11.3 Å². The maximum Gasteiger partial charge on any atom is 0.307 e. The van der Waals surface area contributed by atoms with Crippen LogP contribution in [0.5, 0.6) is 5.75 Å². The van der Waals surface area contributed by atoms with Crippen LogP contribution < -0.4 is 10.1 Å². The van der Waals surface area contributed by atoms with Crippen LogP contribution >= 0.6 is 0 Å². The molecule has 0 aliphatic carbocycles. The quantitative estimate of drug-likeness (QED) is 0.704. The summed E-state index contributed by atoms with van der Waals surface area (Å²) in [5, 5.41) is 11.6. The Bertz CT molecular complexity index is 927. The molecule has 1 amide bonds. The Hall–Kier alpha value is -3.54. The van der Waals surface area contributed by atoms with Crippen molar-refractivity contribution in [2.24, 2.45) is 0 Å². The summed E-state index contributed by atoms with van der Waals surface area (Å²) in [6.07, 6.45) is -0.105. The van der Waals surface area contributed by atoms with Crippen LogP contribution in [0.3, 0.4) is 0 Å². The highest BCUT2D eigenvalue weighted by Gasteiger charge is 2.13. The van der Waals surface area contributed by atoms with Gasteiger partial charge in [0.05, 0.1) is 13.5 Å². The Morgan fingerprint density at radius 3 is 2.54 bits per heavy atom. The second-order valence-electron chi connectivity index (χ2n) is 5.62. The highest BCUT2D eigenvalue weighted by atomic mass is 16.5. The van der Waals surface area contributed by atoms with Crippen molar-refractivity contribution in [2.45, 2.75) is 6.42 Å². The Morgan fingerprint density at radius 1 is 1.08 bits per heavy atom. The number of rotatable bonds is 6. The third-order valence-corrected chi connectivity index (χ3v) is 3.74. The molecule has 0 atom stereocenters. The Balaban J connectivity index is 1.72. The number of methoxy groups -OCH3 is 1. The third-order valence-electron chi connectivity index (χ3n) is 3.74. The second kappa shape index (κ2) is 7.57. The average molecular weight is 351 g/mol. The van der Waals surface area contributed by atoms with Crippen LogP contribution in [-0.2, 0) is 11.2 Å². The molecule has 0 aliphatic rings. The second-order valence-corrected chi connectivity index (χ2v) is 5.62. The lowest BCUT2D eigenvalue weighted by atomic mass is 10.1. The molecule has 132 valence electrons. The fourth-order valence-corrected chi connectivity index (χ4v) is 2.50. The number of ether oxygens (including phenoxy) is 1. The first kappa shape index (κ1) is 17.3. The van der Waals surface area contributed by atoms with E-state index < -0.39 is 11.9 Å². The van der Waals surface area contributed by atoms with Crippen LogP contribution in [0.15, 0.2) is 65.1 Å². The van der Waals surface area contributed by atoms with Gasteiger partial charge in [0, 0.05) is 11.3 Å². The number of nitrogens with one attached hydrogen (secondary N) is 1. The number of hydrogen-bond donors (Lipinski definition) is 2. The van der Waals surface area contributed by atoms with Crippen molar-refractivity contribution >= 4 is 17.6 Å². The molecule has 0 radical (unpaired) electrons. The number of benzene rings is 2. The summed E-state index contributed by atoms with van der Waals surface area (Å²) in [6, 6.07) is 17.3. The van der Waals surface area contributed by atoms with Crippen molar-refractivity contribution in [3.8, 4) is 17.1 Å². The van der Waals surface area contributed by atoms with Gasteiger partial charge in [-0.2, -0.15) is 0 Å². The Morgan fingerprint density at radius 2 is 1.85 bits per heavy atom. The van der Waals surface area contributed by atoms with Gasteiger partial charge in [-0.1, -0.05) is 12.1 Å². The summed E-state index contributed by atoms with van der Waals surface area (Å²) >= 11 is 0. The molecule has 0 unspecified atom stereocenters. The van der Waals surface area contributed by atoms with Crippen molar-refractivity contribution in [2.75, 3.05) is 12.4 Å². The summed E-state index contributed by atoms with van der Waals surface area (Å²) in [6.45, 7) is 0. The number of carboxylic acid groups (broad SMARTS) is 1. The zero-order chi connectivity index (χ0) is 18.5. The predicted octanol–water partition coefficient (Wildman–Crippen LogP) is 3.83. The summed E-state index contributed by atoms with van der Waals surface area (Å²) in [5.74, 6) is 0.136. The van der Waals surface area contributed by atoms with Crippen molar-refractivity contribution < 1.29 is 23.8 Å². The molecule has 2 N–H and O–H groups in total. The largest absolute Gasteiger partial charge is 0.497 e. The van der Waals surface area contributed by atoms with Crippen LogP contribution in [-0.4, -0.2) is 24.1 Å². The van der Waals surface area contributed by atoms with Gasteiger partial charge >= 0.3 is 5.97 Å². The van der Waals surface area contributed by atoms with Gasteiger partial charge < -0.3 is 19.6 Å². The topological polar surface area (TPSA) is 88.8 Å². The highest BCUT2D eigenvalue weighted by molar-refractivity contribution is 6.02. The Kier molecular flexibility index (Phi) is 5.03. The minimum Gasteiger partial charge on any atom is -0.497 e. The molecule has 0 aliphatic heterocycles. The van der Waals surface area contributed by atoms with Gasteiger partial charge in [-0.3, -0.25) is 9.59 Å². The zero-order valence-electron chi connectivity index (χ0n) is 14.1. The third kappa shape index (κ3) is 4.10. The van der Waals surface area contributed by atoms with Crippen LogP contribution in [0.2, 0.25) is 0 Å². The van der Waals surface area contributed by atoms with E-state index in [1.54, 1.807) is 43.5 Å².